The zero-order valence-electron chi connectivity index (χ0n) is 13.9. The molecule has 1 aromatic heterocycles. The number of benzene rings is 1. The first-order valence-corrected chi connectivity index (χ1v) is 8.95. The summed E-state index contributed by atoms with van der Waals surface area (Å²) >= 11 is 7.48. The predicted molar refractivity (Wildman–Crippen MR) is 105 cm³/mol. The van der Waals surface area contributed by atoms with Gasteiger partial charge >= 0.3 is 0 Å². The first kappa shape index (κ1) is 17.5. The highest BCUT2D eigenvalue weighted by atomic mass is 35.5. The lowest BCUT2D eigenvalue weighted by Gasteiger charge is -2.12. The summed E-state index contributed by atoms with van der Waals surface area (Å²) in [6.07, 6.45) is 3.16. The molecule has 0 atom stereocenters. The molecule has 0 radical (unpaired) electrons. The van der Waals surface area contributed by atoms with E-state index in [9.17, 15) is 4.79 Å². The molecule has 1 aliphatic rings. The minimum atomic E-state index is -0.0589. The molecule has 0 aliphatic carbocycles. The lowest BCUT2D eigenvalue weighted by Crippen LogP contribution is -2.28. The van der Waals surface area contributed by atoms with E-state index in [1.165, 1.54) is 18.0 Å². The fourth-order valence-corrected chi connectivity index (χ4v) is 3.74. The van der Waals surface area contributed by atoms with Gasteiger partial charge in [0.1, 0.15) is 0 Å². The lowest BCUT2D eigenvalue weighted by molar-refractivity contribution is -0.122. The number of hydrogen-bond donors (Lipinski definition) is 1. The van der Waals surface area contributed by atoms with Crippen molar-refractivity contribution in [3.8, 4) is 0 Å². The number of halogens is 1. The van der Waals surface area contributed by atoms with Crippen LogP contribution in [0.25, 0.3) is 5.57 Å². The van der Waals surface area contributed by atoms with Crippen molar-refractivity contribution in [2.75, 3.05) is 12.3 Å². The van der Waals surface area contributed by atoms with E-state index >= 15 is 0 Å². The number of amidine groups is 1. The third-order valence-corrected chi connectivity index (χ3v) is 5.28. The van der Waals surface area contributed by atoms with Crippen LogP contribution in [-0.2, 0) is 4.79 Å². The monoisotopic (exact) mass is 372 g/mol. The Morgan fingerprint density at radius 3 is 2.88 bits per heavy atom. The first-order valence-electron chi connectivity index (χ1n) is 7.76. The van der Waals surface area contributed by atoms with Crippen LogP contribution in [-0.4, -0.2) is 27.5 Å². The van der Waals surface area contributed by atoms with Crippen molar-refractivity contribution in [2.24, 2.45) is 4.99 Å². The van der Waals surface area contributed by atoms with E-state index in [2.05, 4.69) is 9.98 Å². The van der Waals surface area contributed by atoms with Crippen LogP contribution in [0.15, 0.2) is 52.6 Å². The third kappa shape index (κ3) is 3.55. The quantitative estimate of drug-likeness (QED) is 0.642. The molecule has 25 heavy (non-hydrogen) atoms. The van der Waals surface area contributed by atoms with Gasteiger partial charge in [0.15, 0.2) is 5.17 Å². The van der Waals surface area contributed by atoms with Crippen LogP contribution >= 0.6 is 23.4 Å². The average Bonchev–Trinajstić information content (AvgIpc) is 2.91. The number of nitrogens with two attached hydrogens (primary N) is 1. The molecule has 1 amide bonds. The van der Waals surface area contributed by atoms with Crippen LogP contribution in [0.2, 0.25) is 5.02 Å². The number of allylic oxidation sites excluding steroid dienone is 1. The van der Waals surface area contributed by atoms with Gasteiger partial charge in [-0.3, -0.25) is 14.7 Å². The van der Waals surface area contributed by atoms with Crippen LogP contribution in [0.3, 0.4) is 0 Å². The summed E-state index contributed by atoms with van der Waals surface area (Å²) in [4.78, 5) is 23.6. The Balaban J connectivity index is 2.03. The summed E-state index contributed by atoms with van der Waals surface area (Å²) in [6.45, 7) is 4.37. The summed E-state index contributed by atoms with van der Waals surface area (Å²) in [5, 5.41) is 1.06. The highest BCUT2D eigenvalue weighted by Crippen LogP contribution is 2.38. The minimum absolute atomic E-state index is 0.0589. The van der Waals surface area contributed by atoms with Crippen molar-refractivity contribution in [3.63, 3.8) is 0 Å². The molecule has 0 saturated carbocycles. The van der Waals surface area contributed by atoms with E-state index in [0.29, 0.717) is 33.0 Å². The number of carbonyl (C=O) groups is 1. The number of nitrogen functional groups attached to an aromatic ring is 1. The van der Waals surface area contributed by atoms with Crippen molar-refractivity contribution >= 4 is 51.4 Å². The summed E-state index contributed by atoms with van der Waals surface area (Å²) in [5.74, 6) is -0.0589. The highest BCUT2D eigenvalue weighted by Gasteiger charge is 2.34. The van der Waals surface area contributed by atoms with E-state index in [1.54, 1.807) is 17.2 Å². The molecule has 1 aliphatic heterocycles. The summed E-state index contributed by atoms with van der Waals surface area (Å²) in [5.41, 5.74) is 8.92. The standard InChI is InChI=1S/C18H17ClN4OS/c1-3-23-17(24)16(11(2)12-5-4-6-13(20)9-12)25-18(23)22-15-7-8-21-10-14(15)19/h4-10H,3,20H2,1-2H3/b16-11-,22-18?. The van der Waals surface area contributed by atoms with Gasteiger partial charge in [0.05, 0.1) is 15.6 Å². The fraction of sp³-hybridized carbons (Fsp3) is 0.167. The Kier molecular flexibility index (Phi) is 5.11. The van der Waals surface area contributed by atoms with E-state index in [0.717, 1.165) is 11.1 Å². The predicted octanol–water partition coefficient (Wildman–Crippen LogP) is 4.33. The molecule has 1 saturated heterocycles. The zero-order valence-corrected chi connectivity index (χ0v) is 15.4. The molecular formula is C18H17ClN4OS. The van der Waals surface area contributed by atoms with Crippen molar-refractivity contribution in [1.29, 1.82) is 0 Å². The molecule has 0 bridgehead atoms. The van der Waals surface area contributed by atoms with Crippen molar-refractivity contribution in [3.05, 3.63) is 58.2 Å². The van der Waals surface area contributed by atoms with Gasteiger partial charge in [-0.05, 0) is 54.9 Å². The lowest BCUT2D eigenvalue weighted by atomic mass is 10.1. The van der Waals surface area contributed by atoms with E-state index < -0.39 is 0 Å². The van der Waals surface area contributed by atoms with Gasteiger partial charge in [0, 0.05) is 24.6 Å². The molecule has 7 heteroatoms. The average molecular weight is 373 g/mol. The number of pyridine rings is 1. The van der Waals surface area contributed by atoms with Gasteiger partial charge in [0.25, 0.3) is 5.91 Å². The molecular weight excluding hydrogens is 356 g/mol. The number of anilines is 1. The Bertz CT molecular complexity index is 894. The largest absolute Gasteiger partial charge is 0.399 e. The first-order chi connectivity index (χ1) is 12.0. The normalized spacial score (nSPS) is 18.1. The zero-order chi connectivity index (χ0) is 18.0. The number of thioether (sulfide) groups is 1. The van der Waals surface area contributed by atoms with Gasteiger partial charge in [-0.2, -0.15) is 0 Å². The topological polar surface area (TPSA) is 71.6 Å². The van der Waals surface area contributed by atoms with Crippen LogP contribution in [0, 0.1) is 0 Å². The third-order valence-electron chi connectivity index (χ3n) is 3.81. The van der Waals surface area contributed by atoms with Crippen molar-refractivity contribution < 1.29 is 4.79 Å². The molecule has 2 heterocycles. The molecule has 1 aromatic carbocycles. The van der Waals surface area contributed by atoms with Crippen LogP contribution in [0.4, 0.5) is 11.4 Å². The maximum Gasteiger partial charge on any atom is 0.267 e. The van der Waals surface area contributed by atoms with Gasteiger partial charge in [0.2, 0.25) is 0 Å². The number of aliphatic imine (C=N–C) groups is 1. The number of nitrogens with zero attached hydrogens (tertiary/aromatic N) is 3. The van der Waals surface area contributed by atoms with E-state index in [-0.39, 0.29) is 5.91 Å². The second kappa shape index (κ2) is 7.29. The Morgan fingerprint density at radius 2 is 2.20 bits per heavy atom. The van der Waals surface area contributed by atoms with E-state index in [4.69, 9.17) is 17.3 Å². The molecule has 0 spiro atoms. The van der Waals surface area contributed by atoms with Crippen LogP contribution in [0.1, 0.15) is 19.4 Å². The van der Waals surface area contributed by atoms with Gasteiger partial charge in [-0.1, -0.05) is 23.7 Å². The summed E-state index contributed by atoms with van der Waals surface area (Å²) < 4.78 is 0. The maximum atomic E-state index is 12.8. The Hall–Kier alpha value is -2.31. The smallest absolute Gasteiger partial charge is 0.267 e. The van der Waals surface area contributed by atoms with Crippen molar-refractivity contribution in [2.45, 2.75) is 13.8 Å². The summed E-state index contributed by atoms with van der Waals surface area (Å²) in [6, 6.07) is 9.23. The molecule has 1 fully saturated rings. The minimum Gasteiger partial charge on any atom is -0.399 e. The molecule has 2 aromatic rings. The molecule has 0 unspecified atom stereocenters. The number of carbonyl (C=O) groups excluding carboxylic acids is 1. The fourth-order valence-electron chi connectivity index (χ4n) is 2.46. The number of hydrogen-bond acceptors (Lipinski definition) is 5. The van der Waals surface area contributed by atoms with Crippen LogP contribution < -0.4 is 5.73 Å². The number of rotatable bonds is 3. The van der Waals surface area contributed by atoms with Gasteiger partial charge in [-0.15, -0.1) is 0 Å². The number of likely N-dealkylation sites (N-methyl/N-ethyl adjacent to an activating group) is 1. The summed E-state index contributed by atoms with van der Waals surface area (Å²) in [7, 11) is 0. The second-order valence-electron chi connectivity index (χ2n) is 5.45. The Labute approximate surface area is 155 Å². The van der Waals surface area contributed by atoms with Gasteiger partial charge in [-0.25, -0.2) is 4.99 Å². The maximum absolute atomic E-state index is 12.8. The van der Waals surface area contributed by atoms with E-state index in [1.807, 2.05) is 38.1 Å². The second-order valence-corrected chi connectivity index (χ2v) is 6.84. The molecule has 5 nitrogen and oxygen atoms in total. The Morgan fingerprint density at radius 1 is 1.40 bits per heavy atom. The molecule has 128 valence electrons. The highest BCUT2D eigenvalue weighted by molar-refractivity contribution is 8.18. The van der Waals surface area contributed by atoms with Crippen LogP contribution in [0.5, 0.6) is 0 Å². The number of amides is 1. The molecule has 2 N–H and O–H groups in total. The van der Waals surface area contributed by atoms with Crippen molar-refractivity contribution in [1.82, 2.24) is 9.88 Å². The number of aromatic nitrogens is 1. The SMILES string of the molecule is CCN1C(=O)/C(=C(\C)c2cccc(N)c2)SC1=Nc1ccncc1Cl. The molecule has 3 rings (SSSR count). The van der Waals surface area contributed by atoms with Gasteiger partial charge < -0.3 is 5.73 Å².